The van der Waals surface area contributed by atoms with E-state index in [-0.39, 0.29) is 5.69 Å². The Labute approximate surface area is 133 Å². The van der Waals surface area contributed by atoms with Gasteiger partial charge in [0.1, 0.15) is 0 Å². The zero-order valence-corrected chi connectivity index (χ0v) is 12.5. The number of carbonyl (C=O) groups excluding carboxylic acids is 1. The number of allylic oxidation sites excluding steroid dienone is 1. The molecule has 1 heterocycles. The van der Waals surface area contributed by atoms with Crippen LogP contribution in [0.5, 0.6) is 5.95 Å². The molecule has 1 aromatic heterocycles. The minimum Gasteiger partial charge on any atom is -0.539 e. The molecule has 0 fully saturated rings. The number of aryl methyl sites for hydroxylation is 1. The Balaban J connectivity index is 1.91. The van der Waals surface area contributed by atoms with Gasteiger partial charge in [0.2, 0.25) is 5.69 Å². The molecule has 0 amide bonds. The first-order valence-electron chi connectivity index (χ1n) is 7.08. The van der Waals surface area contributed by atoms with Crippen LogP contribution in [0.15, 0.2) is 65.2 Å². The fraction of sp³-hybridized carbons (Fsp3) is 0.0556. The van der Waals surface area contributed by atoms with E-state index in [2.05, 4.69) is 9.79 Å². The van der Waals surface area contributed by atoms with Gasteiger partial charge in [0.25, 0.3) is 5.78 Å². The third-order valence-electron chi connectivity index (χ3n) is 3.35. The highest BCUT2D eigenvalue weighted by Crippen LogP contribution is 2.13. The van der Waals surface area contributed by atoms with Crippen molar-refractivity contribution in [2.24, 2.45) is 0 Å². The van der Waals surface area contributed by atoms with Gasteiger partial charge in [-0.1, -0.05) is 54.1 Å². The Morgan fingerprint density at radius 1 is 1.13 bits per heavy atom. The molecule has 0 N–H and O–H groups in total. The number of para-hydroxylation sites is 1. The van der Waals surface area contributed by atoms with Crippen molar-refractivity contribution in [2.45, 2.75) is 6.92 Å². The minimum absolute atomic E-state index is 0.125. The molecule has 0 saturated carbocycles. The molecule has 3 rings (SSSR count). The van der Waals surface area contributed by atoms with Crippen LogP contribution >= 0.6 is 0 Å². The molecule has 0 spiro atoms. The van der Waals surface area contributed by atoms with Gasteiger partial charge in [-0.15, -0.1) is 0 Å². The first-order chi connectivity index (χ1) is 11.1. The summed E-state index contributed by atoms with van der Waals surface area (Å²) in [4.78, 5) is 12.4. The van der Waals surface area contributed by atoms with E-state index < -0.39 is 11.7 Å². The number of aromatic nitrogens is 2. The van der Waals surface area contributed by atoms with Crippen LogP contribution in [0.25, 0.3) is 11.8 Å². The highest BCUT2D eigenvalue weighted by atomic mass is 16.6. The SMILES string of the molecule is Cc1ccc(/C=C/C(=O)c2c([O-])on[n+]2-c2ccccc2)cc1. The zero-order valence-electron chi connectivity index (χ0n) is 12.5. The molecule has 23 heavy (non-hydrogen) atoms. The van der Waals surface area contributed by atoms with Gasteiger partial charge in [-0.3, -0.25) is 4.79 Å². The van der Waals surface area contributed by atoms with Crippen molar-refractivity contribution in [3.8, 4) is 11.6 Å². The van der Waals surface area contributed by atoms with Crippen LogP contribution < -0.4 is 9.79 Å². The Morgan fingerprint density at radius 2 is 1.83 bits per heavy atom. The van der Waals surface area contributed by atoms with Crippen LogP contribution in [0.3, 0.4) is 0 Å². The predicted octanol–water partition coefficient (Wildman–Crippen LogP) is 2.23. The van der Waals surface area contributed by atoms with Crippen LogP contribution in [0, 0.1) is 6.92 Å². The Morgan fingerprint density at radius 3 is 2.52 bits per heavy atom. The van der Waals surface area contributed by atoms with E-state index in [0.717, 1.165) is 11.1 Å². The molecule has 0 bridgehead atoms. The molecule has 0 unspecified atom stereocenters. The van der Waals surface area contributed by atoms with Crippen molar-refractivity contribution >= 4 is 11.9 Å². The summed E-state index contributed by atoms with van der Waals surface area (Å²) in [7, 11) is 0. The largest absolute Gasteiger partial charge is 0.539 e. The number of hydrogen-bond acceptors (Lipinski definition) is 4. The van der Waals surface area contributed by atoms with Gasteiger partial charge in [-0.25, -0.2) is 0 Å². The van der Waals surface area contributed by atoms with Crippen molar-refractivity contribution in [2.75, 3.05) is 0 Å². The highest BCUT2D eigenvalue weighted by molar-refractivity contribution is 6.05. The molecular formula is C18H14N2O3. The summed E-state index contributed by atoms with van der Waals surface area (Å²) in [5.41, 5.74) is 2.47. The topological polar surface area (TPSA) is 70.0 Å². The Bertz CT molecular complexity index is 850. The van der Waals surface area contributed by atoms with Crippen molar-refractivity contribution in [3.63, 3.8) is 0 Å². The average Bonchev–Trinajstić information content (AvgIpc) is 2.96. The summed E-state index contributed by atoms with van der Waals surface area (Å²) in [5, 5.41) is 15.5. The molecule has 0 saturated heterocycles. The van der Waals surface area contributed by atoms with Crippen molar-refractivity contribution < 1.29 is 19.1 Å². The fourth-order valence-corrected chi connectivity index (χ4v) is 2.13. The standard InChI is InChI=1S/C18H14N2O3/c1-13-7-9-14(10-8-13)11-12-16(21)17-18(22)23-19-20(17)15-5-3-2-4-6-15/h2-12H,1H3/b12-11+. The van der Waals surface area contributed by atoms with Gasteiger partial charge in [0.05, 0.1) is 5.27 Å². The lowest BCUT2D eigenvalue weighted by atomic mass is 10.1. The summed E-state index contributed by atoms with van der Waals surface area (Å²) in [6.45, 7) is 1.99. The smallest absolute Gasteiger partial charge is 0.310 e. The third kappa shape index (κ3) is 3.18. The summed E-state index contributed by atoms with van der Waals surface area (Å²) in [5.74, 6) is -1.21. The van der Waals surface area contributed by atoms with Gasteiger partial charge in [0, 0.05) is 12.1 Å². The van der Waals surface area contributed by atoms with Crippen LogP contribution in [-0.4, -0.2) is 11.1 Å². The Hall–Kier alpha value is -3.21. The Kier molecular flexibility index (Phi) is 4.01. The lowest BCUT2D eigenvalue weighted by Gasteiger charge is -1.95. The van der Waals surface area contributed by atoms with Gasteiger partial charge < -0.3 is 9.63 Å². The first kappa shape index (κ1) is 14.7. The van der Waals surface area contributed by atoms with Crippen LogP contribution in [0.4, 0.5) is 0 Å². The molecule has 0 atom stereocenters. The van der Waals surface area contributed by atoms with E-state index in [1.807, 2.05) is 37.3 Å². The van der Waals surface area contributed by atoms with E-state index in [9.17, 15) is 9.90 Å². The molecule has 5 heteroatoms. The molecule has 5 nitrogen and oxygen atoms in total. The van der Waals surface area contributed by atoms with Gasteiger partial charge in [-0.05, 0) is 23.2 Å². The van der Waals surface area contributed by atoms with Gasteiger partial charge >= 0.3 is 5.69 Å². The normalized spacial score (nSPS) is 11.0. The fourth-order valence-electron chi connectivity index (χ4n) is 2.13. The molecule has 0 aliphatic carbocycles. The minimum atomic E-state index is -0.757. The van der Waals surface area contributed by atoms with Gasteiger partial charge in [0.15, 0.2) is 5.95 Å². The van der Waals surface area contributed by atoms with E-state index in [0.29, 0.717) is 5.69 Å². The van der Waals surface area contributed by atoms with Crippen LogP contribution in [0.2, 0.25) is 0 Å². The summed E-state index contributed by atoms with van der Waals surface area (Å²) >= 11 is 0. The number of nitrogens with zero attached hydrogens (tertiary/aromatic N) is 2. The lowest BCUT2D eigenvalue weighted by molar-refractivity contribution is -0.672. The number of ketones is 1. The first-order valence-corrected chi connectivity index (χ1v) is 7.08. The van der Waals surface area contributed by atoms with E-state index >= 15 is 0 Å². The van der Waals surface area contributed by atoms with E-state index in [1.165, 1.54) is 10.8 Å². The second-order valence-corrected chi connectivity index (χ2v) is 5.06. The zero-order chi connectivity index (χ0) is 16.2. The number of rotatable bonds is 4. The maximum atomic E-state index is 12.4. The number of hydrogen-bond donors (Lipinski definition) is 0. The second kappa shape index (κ2) is 6.27. The molecule has 0 aliphatic heterocycles. The number of benzene rings is 2. The average molecular weight is 306 g/mol. The van der Waals surface area contributed by atoms with Crippen molar-refractivity contribution in [3.05, 3.63) is 77.5 Å². The molecular weight excluding hydrogens is 292 g/mol. The second-order valence-electron chi connectivity index (χ2n) is 5.06. The van der Waals surface area contributed by atoms with Crippen molar-refractivity contribution in [1.29, 1.82) is 0 Å². The highest BCUT2D eigenvalue weighted by Gasteiger charge is 2.25. The van der Waals surface area contributed by atoms with E-state index in [4.69, 9.17) is 0 Å². The molecule has 0 aliphatic rings. The molecule has 3 aromatic rings. The van der Waals surface area contributed by atoms with E-state index in [1.54, 1.807) is 30.3 Å². The van der Waals surface area contributed by atoms with Crippen LogP contribution in [-0.2, 0) is 0 Å². The third-order valence-corrected chi connectivity index (χ3v) is 3.35. The maximum absolute atomic E-state index is 12.4. The summed E-state index contributed by atoms with van der Waals surface area (Å²) in [6.07, 6.45) is 3.00. The van der Waals surface area contributed by atoms with Crippen LogP contribution in [0.1, 0.15) is 21.6 Å². The molecule has 2 aromatic carbocycles. The van der Waals surface area contributed by atoms with Gasteiger partial charge in [-0.2, -0.15) is 0 Å². The summed E-state index contributed by atoms with van der Waals surface area (Å²) < 4.78 is 5.85. The van der Waals surface area contributed by atoms with Crippen molar-refractivity contribution in [1.82, 2.24) is 5.27 Å². The monoisotopic (exact) mass is 306 g/mol. The molecule has 0 radical (unpaired) electrons. The molecule has 114 valence electrons. The maximum Gasteiger partial charge on any atom is 0.310 e. The quantitative estimate of drug-likeness (QED) is 0.421. The summed E-state index contributed by atoms with van der Waals surface area (Å²) in [6, 6.07) is 16.6. The number of carbonyl (C=O) groups is 1. The predicted molar refractivity (Wildman–Crippen MR) is 82.0 cm³/mol. The lowest BCUT2D eigenvalue weighted by Crippen LogP contribution is -2.38.